The molecular weight excluding hydrogens is 477 g/mol. The zero-order chi connectivity index (χ0) is 20.6. The quantitative estimate of drug-likeness (QED) is 0.615. The Morgan fingerprint density at radius 1 is 1.00 bits per heavy atom. The van der Waals surface area contributed by atoms with Crippen molar-refractivity contribution in [1.29, 1.82) is 0 Å². The lowest BCUT2D eigenvalue weighted by Gasteiger charge is -2.22. The molecule has 3 rings (SSSR count). The molecule has 1 N–H and O–H groups in total. The molecule has 0 bridgehead atoms. The number of carbonyl (C=O) groups excluding carboxylic acids is 2. The van der Waals surface area contributed by atoms with Crippen molar-refractivity contribution in [2.75, 3.05) is 39.3 Å². The first-order valence-corrected chi connectivity index (χ1v) is 11.2. The zero-order valence-electron chi connectivity index (χ0n) is 16.9. The maximum absolute atomic E-state index is 13.0. The molecule has 2 aromatic carbocycles. The van der Waals surface area contributed by atoms with Crippen molar-refractivity contribution in [2.45, 2.75) is 19.8 Å². The van der Waals surface area contributed by atoms with Crippen LogP contribution in [0.15, 0.2) is 48.5 Å². The summed E-state index contributed by atoms with van der Waals surface area (Å²) in [4.78, 5) is 29.3. The summed E-state index contributed by atoms with van der Waals surface area (Å²) in [7, 11) is 0. The van der Waals surface area contributed by atoms with Crippen molar-refractivity contribution < 1.29 is 9.59 Å². The Morgan fingerprint density at radius 2 is 1.79 bits per heavy atom. The van der Waals surface area contributed by atoms with Crippen LogP contribution in [0.4, 0.5) is 0 Å². The third kappa shape index (κ3) is 6.27. The molecule has 154 valence electrons. The van der Waals surface area contributed by atoms with E-state index in [9.17, 15) is 9.59 Å². The molecule has 0 aromatic heterocycles. The lowest BCUT2D eigenvalue weighted by molar-refractivity contribution is -0.122. The van der Waals surface area contributed by atoms with Gasteiger partial charge >= 0.3 is 0 Å². The van der Waals surface area contributed by atoms with Gasteiger partial charge in [-0.15, -0.1) is 0 Å². The van der Waals surface area contributed by atoms with E-state index in [0.29, 0.717) is 19.6 Å². The van der Waals surface area contributed by atoms with Crippen LogP contribution in [0.25, 0.3) is 0 Å². The fourth-order valence-corrected chi connectivity index (χ4v) is 4.16. The van der Waals surface area contributed by atoms with E-state index in [1.165, 1.54) is 5.56 Å². The van der Waals surface area contributed by atoms with E-state index in [2.05, 4.69) is 44.9 Å². The van der Waals surface area contributed by atoms with Gasteiger partial charge in [0.15, 0.2) is 0 Å². The lowest BCUT2D eigenvalue weighted by atomic mass is 10.1. The molecule has 2 aromatic rings. The standard InChI is InChI=1S/C23H28IN3O2/c1-18-7-5-10-20(22(18)24)23(29)27-14-6-13-26(15-16-27)17-21(28)25-12-11-19-8-3-2-4-9-19/h2-5,7-10H,6,11-17H2,1H3,(H,25,28). The number of nitrogens with one attached hydrogen (secondary N) is 1. The van der Waals surface area contributed by atoms with Crippen molar-refractivity contribution in [3.63, 3.8) is 0 Å². The third-order valence-corrected chi connectivity index (χ3v) is 6.68. The van der Waals surface area contributed by atoms with Crippen LogP contribution in [0, 0.1) is 10.5 Å². The van der Waals surface area contributed by atoms with E-state index in [0.717, 1.165) is 47.2 Å². The van der Waals surface area contributed by atoms with Crippen molar-refractivity contribution in [3.05, 3.63) is 68.8 Å². The topological polar surface area (TPSA) is 52.7 Å². The summed E-state index contributed by atoms with van der Waals surface area (Å²) in [6.45, 7) is 6.00. The molecule has 0 radical (unpaired) electrons. The average Bonchev–Trinajstić information content (AvgIpc) is 2.96. The van der Waals surface area contributed by atoms with Gasteiger partial charge in [0, 0.05) is 36.3 Å². The number of amides is 2. The number of halogens is 1. The fraction of sp³-hybridized carbons (Fsp3) is 0.391. The summed E-state index contributed by atoms with van der Waals surface area (Å²) in [6, 6.07) is 16.0. The number of aryl methyl sites for hydroxylation is 1. The second-order valence-corrected chi connectivity index (χ2v) is 8.52. The normalized spacial score (nSPS) is 15.0. The Hall–Kier alpha value is -1.93. The molecule has 0 unspecified atom stereocenters. The number of hydrogen-bond donors (Lipinski definition) is 1. The highest BCUT2D eigenvalue weighted by atomic mass is 127. The smallest absolute Gasteiger partial charge is 0.254 e. The Labute approximate surface area is 186 Å². The minimum atomic E-state index is 0.0499. The molecule has 0 spiro atoms. The van der Waals surface area contributed by atoms with Crippen molar-refractivity contribution in [3.8, 4) is 0 Å². The van der Waals surface area contributed by atoms with Gasteiger partial charge in [-0.2, -0.15) is 0 Å². The summed E-state index contributed by atoms with van der Waals surface area (Å²) >= 11 is 2.25. The maximum Gasteiger partial charge on any atom is 0.254 e. The molecule has 0 atom stereocenters. The van der Waals surface area contributed by atoms with Gasteiger partial charge in [-0.3, -0.25) is 14.5 Å². The monoisotopic (exact) mass is 505 g/mol. The molecule has 1 heterocycles. The Kier molecular flexibility index (Phi) is 8.06. The summed E-state index contributed by atoms with van der Waals surface area (Å²) in [5, 5.41) is 3.01. The number of benzene rings is 2. The van der Waals surface area contributed by atoms with Gasteiger partial charge < -0.3 is 10.2 Å². The molecule has 0 aliphatic carbocycles. The second-order valence-electron chi connectivity index (χ2n) is 7.44. The molecule has 29 heavy (non-hydrogen) atoms. The summed E-state index contributed by atoms with van der Waals surface area (Å²) in [5.41, 5.74) is 3.13. The molecular formula is C23H28IN3O2. The van der Waals surface area contributed by atoms with Gasteiger partial charge in [-0.1, -0.05) is 42.5 Å². The van der Waals surface area contributed by atoms with E-state index in [1.807, 2.05) is 48.2 Å². The maximum atomic E-state index is 13.0. The van der Waals surface area contributed by atoms with E-state index < -0.39 is 0 Å². The van der Waals surface area contributed by atoms with Crippen LogP contribution in [-0.4, -0.2) is 60.9 Å². The van der Waals surface area contributed by atoms with Gasteiger partial charge in [0.05, 0.1) is 12.1 Å². The second kappa shape index (κ2) is 10.7. The van der Waals surface area contributed by atoms with Crippen LogP contribution in [0.1, 0.15) is 27.9 Å². The minimum Gasteiger partial charge on any atom is -0.355 e. The predicted molar refractivity (Wildman–Crippen MR) is 124 cm³/mol. The minimum absolute atomic E-state index is 0.0499. The molecule has 5 nitrogen and oxygen atoms in total. The van der Waals surface area contributed by atoms with Gasteiger partial charge in [0.25, 0.3) is 5.91 Å². The highest BCUT2D eigenvalue weighted by molar-refractivity contribution is 14.1. The van der Waals surface area contributed by atoms with E-state index in [1.54, 1.807) is 0 Å². The Bertz CT molecular complexity index is 841. The third-order valence-electron chi connectivity index (χ3n) is 5.24. The number of hydrogen-bond acceptors (Lipinski definition) is 3. The molecule has 2 amide bonds. The largest absolute Gasteiger partial charge is 0.355 e. The summed E-state index contributed by atoms with van der Waals surface area (Å²) < 4.78 is 1.02. The molecule has 1 aliphatic rings. The predicted octanol–water partition coefficient (Wildman–Crippen LogP) is 3.11. The van der Waals surface area contributed by atoms with Crippen LogP contribution < -0.4 is 5.32 Å². The van der Waals surface area contributed by atoms with Crippen molar-refractivity contribution >= 4 is 34.4 Å². The van der Waals surface area contributed by atoms with Crippen molar-refractivity contribution in [2.24, 2.45) is 0 Å². The summed E-state index contributed by atoms with van der Waals surface area (Å²) in [6.07, 6.45) is 1.72. The van der Waals surface area contributed by atoms with Gasteiger partial charge in [0.2, 0.25) is 5.91 Å². The lowest BCUT2D eigenvalue weighted by Crippen LogP contribution is -2.40. The number of rotatable bonds is 6. The zero-order valence-corrected chi connectivity index (χ0v) is 19.0. The van der Waals surface area contributed by atoms with Gasteiger partial charge in [-0.25, -0.2) is 0 Å². The molecule has 1 fully saturated rings. The Balaban J connectivity index is 1.46. The Morgan fingerprint density at radius 3 is 2.59 bits per heavy atom. The highest BCUT2D eigenvalue weighted by Crippen LogP contribution is 2.19. The molecule has 0 saturated carbocycles. The van der Waals surface area contributed by atoms with Crippen LogP contribution in [0.5, 0.6) is 0 Å². The first-order chi connectivity index (χ1) is 14.0. The van der Waals surface area contributed by atoms with Gasteiger partial charge in [0.1, 0.15) is 0 Å². The SMILES string of the molecule is Cc1cccc(C(=O)N2CCCN(CC(=O)NCCc3ccccc3)CC2)c1I. The van der Waals surface area contributed by atoms with Crippen LogP contribution >= 0.6 is 22.6 Å². The highest BCUT2D eigenvalue weighted by Gasteiger charge is 2.23. The number of carbonyl (C=O) groups is 2. The van der Waals surface area contributed by atoms with Crippen LogP contribution in [-0.2, 0) is 11.2 Å². The van der Waals surface area contributed by atoms with Gasteiger partial charge in [-0.05, 0) is 59.5 Å². The molecule has 1 aliphatic heterocycles. The van der Waals surface area contributed by atoms with E-state index >= 15 is 0 Å². The molecule has 6 heteroatoms. The first-order valence-electron chi connectivity index (χ1n) is 10.1. The van der Waals surface area contributed by atoms with Crippen LogP contribution in [0.3, 0.4) is 0 Å². The average molecular weight is 505 g/mol. The van der Waals surface area contributed by atoms with E-state index in [-0.39, 0.29) is 11.8 Å². The number of nitrogens with zero attached hydrogens (tertiary/aromatic N) is 2. The van der Waals surface area contributed by atoms with Crippen molar-refractivity contribution in [1.82, 2.24) is 15.1 Å². The van der Waals surface area contributed by atoms with Crippen LogP contribution in [0.2, 0.25) is 0 Å². The first kappa shape index (κ1) is 21.8. The summed E-state index contributed by atoms with van der Waals surface area (Å²) in [5.74, 6) is 0.140. The molecule has 1 saturated heterocycles. The fourth-order valence-electron chi connectivity index (χ4n) is 3.56. The van der Waals surface area contributed by atoms with E-state index in [4.69, 9.17) is 0 Å².